The van der Waals surface area contributed by atoms with Crippen LogP contribution in [-0.4, -0.2) is 28.0 Å². The van der Waals surface area contributed by atoms with Gasteiger partial charge in [-0.3, -0.25) is 9.10 Å². The van der Waals surface area contributed by atoms with Crippen LogP contribution in [-0.2, 0) is 21.2 Å². The number of nitrogens with two attached hydrogens (primary N) is 1. The second-order valence-corrected chi connectivity index (χ2v) is 9.56. The Morgan fingerprint density at radius 3 is 2.36 bits per heavy atom. The van der Waals surface area contributed by atoms with E-state index in [-0.39, 0.29) is 33.2 Å². The molecule has 0 unspecified atom stereocenters. The van der Waals surface area contributed by atoms with Crippen LogP contribution in [0.15, 0.2) is 59.5 Å². The van der Waals surface area contributed by atoms with E-state index in [1.807, 2.05) is 0 Å². The van der Waals surface area contributed by atoms with Gasteiger partial charge >= 0.3 is 0 Å². The van der Waals surface area contributed by atoms with Gasteiger partial charge in [0, 0.05) is 23.1 Å². The Hall–Kier alpha value is -3.17. The number of benzene rings is 3. The van der Waals surface area contributed by atoms with Crippen molar-refractivity contribution in [2.75, 3.05) is 18.0 Å². The fourth-order valence-electron chi connectivity index (χ4n) is 3.36. The summed E-state index contributed by atoms with van der Waals surface area (Å²) in [5, 5.41) is 0.221. The standard InChI is InChI=1S/C23H21ClF2N2O4S/c1-14-6-8-17(12-22(14)32-2)33(30,31)28(13-23(27)29)21-9-7-16(24)10-15(21)11-18-19(25)4-3-5-20(18)26/h3-10,12H,11,13H2,1-2H3,(H2,27,29). The highest BCUT2D eigenvalue weighted by Crippen LogP contribution is 2.33. The maximum atomic E-state index is 14.3. The summed E-state index contributed by atoms with van der Waals surface area (Å²) in [5.74, 6) is -2.18. The number of halogens is 3. The average Bonchev–Trinajstić information content (AvgIpc) is 2.75. The van der Waals surface area contributed by atoms with Crippen molar-refractivity contribution < 1.29 is 26.7 Å². The monoisotopic (exact) mass is 494 g/mol. The number of carbonyl (C=O) groups excluding carboxylic acids is 1. The molecule has 1 amide bonds. The van der Waals surface area contributed by atoms with Gasteiger partial charge in [0.1, 0.15) is 23.9 Å². The van der Waals surface area contributed by atoms with E-state index in [2.05, 4.69) is 0 Å². The minimum absolute atomic E-state index is 0.0143. The number of hydrogen-bond donors (Lipinski definition) is 1. The molecule has 0 aromatic heterocycles. The fraction of sp³-hybridized carbons (Fsp3) is 0.174. The highest BCUT2D eigenvalue weighted by molar-refractivity contribution is 7.92. The third-order valence-electron chi connectivity index (χ3n) is 5.01. The third kappa shape index (κ3) is 5.26. The molecule has 0 fully saturated rings. The van der Waals surface area contributed by atoms with Crippen molar-refractivity contribution in [2.24, 2.45) is 5.73 Å². The Labute approximate surface area is 195 Å². The number of carbonyl (C=O) groups is 1. The summed E-state index contributed by atoms with van der Waals surface area (Å²) in [4.78, 5) is 11.7. The van der Waals surface area contributed by atoms with Gasteiger partial charge in [-0.2, -0.15) is 0 Å². The van der Waals surface area contributed by atoms with Gasteiger partial charge in [-0.25, -0.2) is 17.2 Å². The van der Waals surface area contributed by atoms with Crippen molar-refractivity contribution in [3.8, 4) is 5.75 Å². The molecule has 3 aromatic carbocycles. The maximum Gasteiger partial charge on any atom is 0.264 e. The molecule has 174 valence electrons. The van der Waals surface area contributed by atoms with Crippen LogP contribution in [0.5, 0.6) is 5.75 Å². The summed E-state index contributed by atoms with van der Waals surface area (Å²) in [6.45, 7) is 1.05. The van der Waals surface area contributed by atoms with Crippen molar-refractivity contribution in [2.45, 2.75) is 18.2 Å². The highest BCUT2D eigenvalue weighted by atomic mass is 35.5. The molecule has 10 heteroatoms. The molecule has 3 aromatic rings. The molecule has 0 aliphatic heterocycles. The minimum atomic E-state index is -4.32. The molecule has 33 heavy (non-hydrogen) atoms. The fourth-order valence-corrected chi connectivity index (χ4v) is 5.04. The smallest absolute Gasteiger partial charge is 0.264 e. The topological polar surface area (TPSA) is 89.7 Å². The number of hydrogen-bond acceptors (Lipinski definition) is 4. The summed E-state index contributed by atoms with van der Waals surface area (Å²) in [6.07, 6.45) is -0.309. The van der Waals surface area contributed by atoms with Crippen LogP contribution in [0, 0.1) is 18.6 Å². The summed E-state index contributed by atoms with van der Waals surface area (Å²) >= 11 is 6.10. The number of aryl methyl sites for hydroxylation is 1. The lowest BCUT2D eigenvalue weighted by Crippen LogP contribution is -2.39. The van der Waals surface area contributed by atoms with Crippen LogP contribution in [0.2, 0.25) is 5.02 Å². The van der Waals surface area contributed by atoms with Gasteiger partial charge < -0.3 is 10.5 Å². The van der Waals surface area contributed by atoms with Crippen molar-refractivity contribution in [1.82, 2.24) is 0 Å². The molecule has 0 aliphatic carbocycles. The normalized spacial score (nSPS) is 11.3. The zero-order valence-electron chi connectivity index (χ0n) is 17.8. The molecule has 0 aliphatic rings. The van der Waals surface area contributed by atoms with Crippen molar-refractivity contribution in [1.29, 1.82) is 0 Å². The van der Waals surface area contributed by atoms with E-state index in [1.54, 1.807) is 13.0 Å². The van der Waals surface area contributed by atoms with Crippen LogP contribution in [0.25, 0.3) is 0 Å². The molecule has 0 heterocycles. The lowest BCUT2D eigenvalue weighted by molar-refractivity contribution is -0.116. The van der Waals surface area contributed by atoms with E-state index in [1.165, 1.54) is 43.5 Å². The Morgan fingerprint density at radius 2 is 1.76 bits per heavy atom. The Morgan fingerprint density at radius 1 is 1.09 bits per heavy atom. The van der Waals surface area contributed by atoms with E-state index in [9.17, 15) is 22.0 Å². The van der Waals surface area contributed by atoms with Gasteiger partial charge in [0.05, 0.1) is 17.7 Å². The first-order valence-electron chi connectivity index (χ1n) is 9.71. The lowest BCUT2D eigenvalue weighted by atomic mass is 10.0. The second kappa shape index (κ2) is 9.76. The minimum Gasteiger partial charge on any atom is -0.496 e. The summed E-state index contributed by atoms with van der Waals surface area (Å²) in [6, 6.07) is 11.8. The number of ether oxygens (including phenoxy) is 1. The van der Waals surface area contributed by atoms with Crippen LogP contribution in [0.4, 0.5) is 14.5 Å². The van der Waals surface area contributed by atoms with Gasteiger partial charge in [0.2, 0.25) is 5.91 Å². The number of methoxy groups -OCH3 is 1. The van der Waals surface area contributed by atoms with Gasteiger partial charge in [-0.05, 0) is 54.4 Å². The van der Waals surface area contributed by atoms with Gasteiger partial charge in [0.25, 0.3) is 10.0 Å². The highest BCUT2D eigenvalue weighted by Gasteiger charge is 2.29. The molecule has 0 radical (unpaired) electrons. The Bertz CT molecular complexity index is 1300. The van der Waals surface area contributed by atoms with Crippen LogP contribution in [0.1, 0.15) is 16.7 Å². The van der Waals surface area contributed by atoms with Crippen LogP contribution in [0.3, 0.4) is 0 Å². The SMILES string of the molecule is COc1cc(S(=O)(=O)N(CC(N)=O)c2ccc(Cl)cc2Cc2c(F)cccc2F)ccc1C. The molecule has 0 saturated carbocycles. The molecular formula is C23H21ClF2N2O4S. The Kier molecular flexibility index (Phi) is 7.24. The van der Waals surface area contributed by atoms with Gasteiger partial charge in [-0.15, -0.1) is 0 Å². The van der Waals surface area contributed by atoms with Crippen LogP contribution >= 0.6 is 11.6 Å². The molecule has 6 nitrogen and oxygen atoms in total. The molecule has 0 bridgehead atoms. The summed E-state index contributed by atoms with van der Waals surface area (Å²) < 4.78 is 61.7. The van der Waals surface area contributed by atoms with Crippen molar-refractivity contribution in [3.05, 3.63) is 87.9 Å². The van der Waals surface area contributed by atoms with Gasteiger partial charge in [-0.1, -0.05) is 23.7 Å². The molecule has 2 N–H and O–H groups in total. The van der Waals surface area contributed by atoms with Gasteiger partial charge in [0.15, 0.2) is 0 Å². The second-order valence-electron chi connectivity index (χ2n) is 7.26. The average molecular weight is 495 g/mol. The molecule has 0 saturated heterocycles. The number of nitrogens with zero attached hydrogens (tertiary/aromatic N) is 1. The Balaban J connectivity index is 2.18. The predicted molar refractivity (Wildman–Crippen MR) is 122 cm³/mol. The lowest BCUT2D eigenvalue weighted by Gasteiger charge is -2.26. The van der Waals surface area contributed by atoms with E-state index in [0.717, 1.165) is 16.4 Å². The van der Waals surface area contributed by atoms with Crippen LogP contribution < -0.4 is 14.8 Å². The summed E-state index contributed by atoms with van der Waals surface area (Å²) in [7, 11) is -2.92. The zero-order chi connectivity index (χ0) is 24.3. The zero-order valence-corrected chi connectivity index (χ0v) is 19.4. The molecular weight excluding hydrogens is 474 g/mol. The number of primary amides is 1. The van der Waals surface area contributed by atoms with E-state index in [4.69, 9.17) is 22.1 Å². The number of rotatable bonds is 8. The molecule has 0 spiro atoms. The number of sulfonamides is 1. The first kappa shape index (κ1) is 24.5. The number of amides is 1. The maximum absolute atomic E-state index is 14.3. The number of anilines is 1. The molecule has 3 rings (SSSR count). The molecule has 0 atom stereocenters. The largest absolute Gasteiger partial charge is 0.496 e. The quantitative estimate of drug-likeness (QED) is 0.508. The van der Waals surface area contributed by atoms with E-state index >= 15 is 0 Å². The first-order chi connectivity index (χ1) is 15.5. The predicted octanol–water partition coefficient (Wildman–Crippen LogP) is 4.21. The van der Waals surface area contributed by atoms with Crippen molar-refractivity contribution in [3.63, 3.8) is 0 Å². The van der Waals surface area contributed by atoms with E-state index in [0.29, 0.717) is 11.3 Å². The first-order valence-corrected chi connectivity index (χ1v) is 11.5. The summed E-state index contributed by atoms with van der Waals surface area (Å²) in [5.41, 5.74) is 5.99. The van der Waals surface area contributed by atoms with E-state index < -0.39 is 34.1 Å². The third-order valence-corrected chi connectivity index (χ3v) is 7.00. The van der Waals surface area contributed by atoms with Crippen molar-refractivity contribution >= 4 is 33.2 Å².